The summed E-state index contributed by atoms with van der Waals surface area (Å²) in [5.41, 5.74) is 42.2. The molecule has 30 nitrogen and oxygen atoms in total. The van der Waals surface area contributed by atoms with Crippen LogP contribution in [-0.2, 0) is 83.0 Å². The smallest absolute Gasteiger partial charge is 0.408 e. The van der Waals surface area contributed by atoms with Crippen LogP contribution in [0.3, 0.4) is 0 Å². The number of nitrogens with one attached hydrogen (secondary N) is 2. The molecule has 8 atom stereocenters. The third kappa shape index (κ3) is 63.9. The van der Waals surface area contributed by atoms with Crippen LogP contribution in [-0.4, -0.2) is 157 Å². The zero-order valence-electron chi connectivity index (χ0n) is 77.7. The number of ether oxygens (including phenoxy) is 8. The van der Waals surface area contributed by atoms with Gasteiger partial charge in [0.25, 0.3) is 5.09 Å². The second-order valence-corrected chi connectivity index (χ2v) is 32.8. The van der Waals surface area contributed by atoms with E-state index < -0.39 is 94.8 Å². The maximum Gasteiger partial charge on any atom is 0.408 e. The number of carbonyl (C=O) groups is 8. The van der Waals surface area contributed by atoms with E-state index >= 15 is 0 Å². The monoisotopic (exact) mass is 1750 g/mol. The zero-order valence-corrected chi connectivity index (χ0v) is 77.7. The number of unbranched alkanes of at least 4 members (excludes halogenated alkanes) is 12. The molecule has 8 unspecified atom stereocenters. The fraction of sp³-hybridized carbons (Fsp3) is 0.660. The molecule has 0 aliphatic heterocycles. The van der Waals surface area contributed by atoms with Gasteiger partial charge in [-0.05, 0) is 242 Å². The maximum atomic E-state index is 12.5. The summed E-state index contributed by atoms with van der Waals surface area (Å²) in [6.45, 7) is 31.1. The molecule has 0 spiro atoms. The lowest BCUT2D eigenvalue weighted by atomic mass is 10.1. The number of aryl methyl sites for hydroxylation is 3. The minimum atomic E-state index is -0.916. The normalized spacial score (nSPS) is 12.8. The van der Waals surface area contributed by atoms with Gasteiger partial charge in [0.05, 0.1) is 25.9 Å². The number of benzene rings is 4. The van der Waals surface area contributed by atoms with Crippen molar-refractivity contribution in [2.45, 2.75) is 356 Å². The number of alkyl carbamates (subject to hydrolysis) is 2. The van der Waals surface area contributed by atoms with Gasteiger partial charge < -0.3 is 98.6 Å². The molecule has 4 rings (SSSR count). The van der Waals surface area contributed by atoms with Crippen molar-refractivity contribution in [3.8, 4) is 17.2 Å². The highest BCUT2D eigenvalue weighted by molar-refractivity contribution is 5.83. The van der Waals surface area contributed by atoms with E-state index in [0.29, 0.717) is 95.0 Å². The van der Waals surface area contributed by atoms with E-state index in [1.54, 1.807) is 53.7 Å². The molecular weight excluding hydrogens is 1590 g/mol. The molecule has 0 aliphatic rings. The van der Waals surface area contributed by atoms with E-state index in [9.17, 15) is 48.5 Å². The van der Waals surface area contributed by atoms with Crippen molar-refractivity contribution in [3.05, 3.63) is 135 Å². The number of esters is 6. The summed E-state index contributed by atoms with van der Waals surface area (Å²) in [6.07, 6.45) is 24.1. The Morgan fingerprint density at radius 2 is 0.815 bits per heavy atom. The van der Waals surface area contributed by atoms with E-state index in [2.05, 4.69) is 50.1 Å². The van der Waals surface area contributed by atoms with Crippen LogP contribution in [0.1, 0.15) is 293 Å². The summed E-state index contributed by atoms with van der Waals surface area (Å²) in [4.78, 5) is 110. The van der Waals surface area contributed by atoms with Crippen LogP contribution in [0.5, 0.6) is 17.2 Å². The van der Waals surface area contributed by atoms with Gasteiger partial charge >= 0.3 is 48.0 Å². The molecule has 0 radical (unpaired) electrons. The van der Waals surface area contributed by atoms with Crippen molar-refractivity contribution in [1.82, 2.24) is 10.6 Å². The van der Waals surface area contributed by atoms with Crippen LogP contribution in [0.2, 0.25) is 0 Å². The number of hydrogen-bond acceptors (Lipinski definition) is 27. The third-order valence-electron chi connectivity index (χ3n) is 18.4. The highest BCUT2D eigenvalue weighted by Gasteiger charge is 2.30. The van der Waals surface area contributed by atoms with Gasteiger partial charge in [-0.25, -0.2) is 33.6 Å². The van der Waals surface area contributed by atoms with Crippen molar-refractivity contribution in [2.75, 3.05) is 39.5 Å². The van der Waals surface area contributed by atoms with Crippen molar-refractivity contribution in [2.24, 2.45) is 46.1 Å². The van der Waals surface area contributed by atoms with E-state index in [4.69, 9.17) is 83.1 Å². The van der Waals surface area contributed by atoms with Gasteiger partial charge in [-0.1, -0.05) is 199 Å². The molecule has 124 heavy (non-hydrogen) atoms. The second-order valence-electron chi connectivity index (χ2n) is 32.8. The van der Waals surface area contributed by atoms with E-state index in [1.165, 1.54) is 55.7 Å². The number of aliphatic hydroxyl groups is 1. The molecular formula is C94H160N10O20. The van der Waals surface area contributed by atoms with E-state index in [0.717, 1.165) is 115 Å². The molecule has 0 bridgehead atoms. The highest BCUT2D eigenvalue weighted by atomic mass is 17.0. The van der Waals surface area contributed by atoms with Crippen LogP contribution < -0.4 is 65.0 Å². The summed E-state index contributed by atoms with van der Waals surface area (Å²) in [5, 5.41) is 23.8. The molecule has 0 aromatic heterocycles. The first kappa shape index (κ1) is 117. The standard InChI is InChI=1S/C21H32N2O7.2C16H26N2O2.C15H24N2O2.C15H29NO4.C11H23NO3/c1-5-17(30-23(26)27)13-9-10-14-28-19(24)18(15-16-11-7-6-8-12-16)22-20(25)29-21(2,3)4;1-2-3-7-13-8-6-9-14(12-13)20-16(19)15(18)10-4-5-11-17;1-2-3-6-13-8-10-14(11-9-13)20-16(19)15(18)7-4-5-12-17;1-2-6-12-7-5-8-13(11-12)19-15(18)14(17)9-3-4-10-16;1-7-8-9-10-19-13(17)12(11(2)3)16-14(18)20-15(4,5)6;1-3-4-5-6-7-8-15-11(14)10(12)9(2)13/h6-8,11-12,17-18H,5,9-10,13-15H2,1-4H3,(H,22,25);6,8-9,12,15H,2-5,7,10-11,17-18H2,1H3;8-11,15H,2-7,12,17-18H2,1H3;5,7-8,11,14H,2-4,6,9-10,16-17H2,1H3;11-12H,7-10H2,1-6H3,(H,16,18);9-10,13H,3-8,12H2,1-2H3. The van der Waals surface area contributed by atoms with Crippen LogP contribution >= 0.6 is 0 Å². The molecule has 0 saturated carbocycles. The van der Waals surface area contributed by atoms with Gasteiger partial charge in [0, 0.05) is 6.42 Å². The Hall–Kier alpha value is -8.88. The number of hydrogen-bond donors (Lipinski definition) is 10. The average molecular weight is 1750 g/mol. The SMILES string of the molecule is CCC(CCCCOC(=O)C(Cc1ccccc1)NC(=O)OC(C)(C)C)O[N+](=O)[O-].CCCCCCCOC(=O)C(N)C(C)O.CCCCCOC(=O)C(NC(=O)OC(C)(C)C)C(C)C.CCCCc1ccc(OC(=O)C(N)CCCCN)cc1.CCCCc1cccc(OC(=O)C(N)CCCCN)c1.CCCc1cccc(OC(=O)C(N)CCCCN)c1. The topological polar surface area (TPSA) is 489 Å². The summed E-state index contributed by atoms with van der Waals surface area (Å²) in [7, 11) is 0. The quantitative estimate of drug-likeness (QED) is 0.00490. The minimum absolute atomic E-state index is 0.0545. The lowest BCUT2D eigenvalue weighted by Crippen LogP contribution is -2.47. The lowest BCUT2D eigenvalue weighted by Gasteiger charge is -2.24. The number of nitrogens with zero attached hydrogens (tertiary/aromatic N) is 1. The number of amides is 2. The Kier molecular flexibility index (Phi) is 68.3. The Balaban J connectivity index is 0. The summed E-state index contributed by atoms with van der Waals surface area (Å²) in [5.74, 6) is -0.918. The van der Waals surface area contributed by atoms with Crippen LogP contribution in [0, 0.1) is 16.0 Å². The van der Waals surface area contributed by atoms with Gasteiger partial charge in [-0.15, -0.1) is 10.1 Å². The number of rotatable bonds is 53. The van der Waals surface area contributed by atoms with E-state index in [1.807, 2.05) is 112 Å². The van der Waals surface area contributed by atoms with Crippen LogP contribution in [0.25, 0.3) is 0 Å². The lowest BCUT2D eigenvalue weighted by molar-refractivity contribution is -0.768. The maximum absolute atomic E-state index is 12.5. The molecule has 0 heterocycles. The zero-order chi connectivity index (χ0) is 93.7. The number of aliphatic hydroxyl groups excluding tert-OH is 1. The van der Waals surface area contributed by atoms with Gasteiger partial charge in [0.15, 0.2) is 0 Å². The van der Waals surface area contributed by atoms with Crippen LogP contribution in [0.15, 0.2) is 103 Å². The molecule has 0 fully saturated rings. The van der Waals surface area contributed by atoms with Crippen molar-refractivity contribution in [3.63, 3.8) is 0 Å². The van der Waals surface area contributed by atoms with Gasteiger partial charge in [-0.2, -0.15) is 0 Å². The summed E-state index contributed by atoms with van der Waals surface area (Å²) >= 11 is 0. The Labute approximate surface area is 740 Å². The Morgan fingerprint density at radius 3 is 1.24 bits per heavy atom. The Morgan fingerprint density at radius 1 is 0.419 bits per heavy atom. The first-order chi connectivity index (χ1) is 58.9. The predicted molar refractivity (Wildman–Crippen MR) is 488 cm³/mol. The summed E-state index contributed by atoms with van der Waals surface area (Å²) in [6, 6.07) is 28.0. The molecule has 706 valence electrons. The molecule has 30 heteroatoms. The van der Waals surface area contributed by atoms with Gasteiger partial charge in [0.2, 0.25) is 0 Å². The number of carbonyl (C=O) groups excluding carboxylic acids is 8. The largest absolute Gasteiger partial charge is 0.464 e. The highest BCUT2D eigenvalue weighted by Crippen LogP contribution is 2.21. The Bertz CT molecular complexity index is 3470. The van der Waals surface area contributed by atoms with E-state index in [-0.39, 0.29) is 36.9 Å². The molecule has 4 aromatic carbocycles. The summed E-state index contributed by atoms with van der Waals surface area (Å²) < 4.78 is 41.7. The second kappa shape index (κ2) is 72.3. The van der Waals surface area contributed by atoms with Crippen molar-refractivity contribution < 1.29 is 91.3 Å². The molecule has 17 N–H and O–H groups in total. The first-order valence-corrected chi connectivity index (χ1v) is 44.9. The van der Waals surface area contributed by atoms with Crippen molar-refractivity contribution >= 4 is 48.0 Å². The van der Waals surface area contributed by atoms with Crippen molar-refractivity contribution in [1.29, 1.82) is 0 Å². The van der Waals surface area contributed by atoms with Crippen LogP contribution in [0.4, 0.5) is 9.59 Å². The predicted octanol–water partition coefficient (Wildman–Crippen LogP) is 15.1. The van der Waals surface area contributed by atoms with Gasteiger partial charge in [-0.3, -0.25) is 4.79 Å². The average Bonchev–Trinajstić information content (AvgIpc) is 0.891. The number of nitrogens with two attached hydrogens (primary N) is 7. The minimum Gasteiger partial charge on any atom is -0.464 e. The molecule has 2 amide bonds. The molecule has 4 aromatic rings. The van der Waals surface area contributed by atoms with Gasteiger partial charge in [0.1, 0.15) is 70.8 Å². The molecule has 0 aliphatic carbocycles. The third-order valence-corrected chi connectivity index (χ3v) is 18.4. The fourth-order valence-electron chi connectivity index (χ4n) is 11.2. The fourth-order valence-corrected chi connectivity index (χ4v) is 11.2. The first-order valence-electron chi connectivity index (χ1n) is 44.9. The molecule has 0 saturated heterocycles.